The van der Waals surface area contributed by atoms with Crippen LogP contribution < -0.4 is 5.73 Å². The Balaban J connectivity index is 2.25. The fraction of sp³-hybridized carbons (Fsp3) is 0.308. The summed E-state index contributed by atoms with van der Waals surface area (Å²) < 4.78 is 42.1. The highest BCUT2D eigenvalue weighted by atomic mass is 32.2. The molecule has 0 radical (unpaired) electrons. The van der Waals surface area contributed by atoms with E-state index in [2.05, 4.69) is 10.1 Å². The Bertz CT molecular complexity index is 816. The highest BCUT2D eigenvalue weighted by Gasteiger charge is 2.28. The lowest BCUT2D eigenvalue weighted by Crippen LogP contribution is -2.34. The summed E-state index contributed by atoms with van der Waals surface area (Å²) in [5, 5.41) is 2.25. The highest BCUT2D eigenvalue weighted by Crippen LogP contribution is 2.20. The minimum absolute atomic E-state index is 0.0656. The van der Waals surface area contributed by atoms with E-state index < -0.39 is 32.6 Å². The maximum Gasteiger partial charge on any atom is 0.242 e. The normalized spacial score (nSPS) is 13.0. The van der Waals surface area contributed by atoms with E-state index in [1.165, 1.54) is 13.0 Å². The molecule has 0 saturated carbocycles. The van der Waals surface area contributed by atoms with Crippen LogP contribution >= 0.6 is 0 Å². The van der Waals surface area contributed by atoms with Crippen molar-refractivity contribution in [2.75, 3.05) is 0 Å². The highest BCUT2D eigenvalue weighted by molar-refractivity contribution is 7.91. The van der Waals surface area contributed by atoms with Gasteiger partial charge >= 0.3 is 0 Å². The van der Waals surface area contributed by atoms with Crippen LogP contribution in [0.2, 0.25) is 0 Å². The molecule has 0 aliphatic carbocycles. The van der Waals surface area contributed by atoms with Crippen LogP contribution in [0.5, 0.6) is 0 Å². The molecule has 0 aliphatic rings. The first-order chi connectivity index (χ1) is 10.2. The predicted molar refractivity (Wildman–Crippen MR) is 75.7 cm³/mol. The number of carbonyl (C=O) groups is 1. The topological polar surface area (TPSA) is 116 Å². The molecule has 0 aliphatic heterocycles. The maximum atomic E-state index is 13.5. The number of aromatic nitrogens is 2. The first-order valence-electron chi connectivity index (χ1n) is 6.30. The van der Waals surface area contributed by atoms with Crippen molar-refractivity contribution in [3.63, 3.8) is 0 Å². The average molecular weight is 327 g/mol. The van der Waals surface area contributed by atoms with Crippen molar-refractivity contribution in [3.05, 3.63) is 35.5 Å². The van der Waals surface area contributed by atoms with Crippen LogP contribution in [-0.4, -0.2) is 29.7 Å². The number of primary amides is 1. The molecule has 0 fully saturated rings. The van der Waals surface area contributed by atoms with Gasteiger partial charge in [-0.2, -0.15) is 4.98 Å². The number of nitrogens with zero attached hydrogens (tertiary/aromatic N) is 2. The molecular weight excluding hydrogens is 313 g/mol. The molecule has 118 valence electrons. The van der Waals surface area contributed by atoms with E-state index in [4.69, 9.17) is 10.3 Å². The Kier molecular flexibility index (Phi) is 4.27. The summed E-state index contributed by atoms with van der Waals surface area (Å²) in [6.45, 7) is 2.79. The molecule has 2 aromatic rings. The largest absolute Gasteiger partial charge is 0.369 e. The molecule has 7 nitrogen and oxygen atoms in total. The van der Waals surface area contributed by atoms with Crippen molar-refractivity contribution >= 4 is 15.7 Å². The zero-order valence-electron chi connectivity index (χ0n) is 11.9. The summed E-state index contributed by atoms with van der Waals surface area (Å²) in [6.07, 6.45) is 0. The fourth-order valence-corrected chi connectivity index (χ4v) is 2.70. The Labute approximate surface area is 126 Å². The first kappa shape index (κ1) is 16.1. The SMILES string of the molecule is Cc1ccc(-c2noc(CS(=O)(=O)C(C)C(N)=O)n2)cc1F. The second kappa shape index (κ2) is 5.84. The van der Waals surface area contributed by atoms with Crippen LogP contribution in [0.4, 0.5) is 4.39 Å². The minimum atomic E-state index is -3.84. The second-order valence-electron chi connectivity index (χ2n) is 4.83. The van der Waals surface area contributed by atoms with Gasteiger partial charge in [0.05, 0.1) is 0 Å². The van der Waals surface area contributed by atoms with Gasteiger partial charge in [0.2, 0.25) is 17.6 Å². The number of benzene rings is 1. The number of sulfone groups is 1. The second-order valence-corrected chi connectivity index (χ2v) is 7.15. The van der Waals surface area contributed by atoms with Gasteiger partial charge in [0.15, 0.2) is 9.84 Å². The number of hydrogen-bond acceptors (Lipinski definition) is 6. The fourth-order valence-electron chi connectivity index (χ4n) is 1.64. The van der Waals surface area contributed by atoms with Crippen molar-refractivity contribution in [2.24, 2.45) is 5.73 Å². The molecule has 1 aromatic heterocycles. The lowest BCUT2D eigenvalue weighted by molar-refractivity contribution is -0.117. The van der Waals surface area contributed by atoms with E-state index in [1.807, 2.05) is 0 Å². The van der Waals surface area contributed by atoms with Gasteiger partial charge in [-0.05, 0) is 25.5 Å². The minimum Gasteiger partial charge on any atom is -0.369 e. The van der Waals surface area contributed by atoms with E-state index in [9.17, 15) is 17.6 Å². The van der Waals surface area contributed by atoms with Crippen LogP contribution in [-0.2, 0) is 20.4 Å². The smallest absolute Gasteiger partial charge is 0.242 e. The predicted octanol–water partition coefficient (Wildman–Crippen LogP) is 0.973. The van der Waals surface area contributed by atoms with E-state index in [0.29, 0.717) is 11.1 Å². The van der Waals surface area contributed by atoms with Crippen molar-refractivity contribution in [1.82, 2.24) is 10.1 Å². The molecule has 2 N–H and O–H groups in total. The number of amides is 1. The van der Waals surface area contributed by atoms with Crippen molar-refractivity contribution in [1.29, 1.82) is 0 Å². The van der Waals surface area contributed by atoms with Gasteiger partial charge in [0, 0.05) is 5.56 Å². The summed E-state index contributed by atoms with van der Waals surface area (Å²) in [4.78, 5) is 14.9. The molecule has 22 heavy (non-hydrogen) atoms. The number of hydrogen-bond donors (Lipinski definition) is 1. The number of rotatable bonds is 5. The van der Waals surface area contributed by atoms with E-state index in [1.54, 1.807) is 19.1 Å². The van der Waals surface area contributed by atoms with Crippen LogP contribution in [0.15, 0.2) is 22.7 Å². The van der Waals surface area contributed by atoms with Gasteiger partial charge in [-0.25, -0.2) is 12.8 Å². The lowest BCUT2D eigenvalue weighted by atomic mass is 10.1. The van der Waals surface area contributed by atoms with Gasteiger partial charge in [0.25, 0.3) is 0 Å². The molecule has 0 bridgehead atoms. The van der Waals surface area contributed by atoms with Gasteiger partial charge in [-0.15, -0.1) is 0 Å². The van der Waals surface area contributed by atoms with Crippen LogP contribution in [0.1, 0.15) is 18.4 Å². The van der Waals surface area contributed by atoms with E-state index in [-0.39, 0.29) is 11.7 Å². The zero-order valence-corrected chi connectivity index (χ0v) is 12.7. The van der Waals surface area contributed by atoms with Gasteiger partial charge < -0.3 is 10.3 Å². The molecule has 0 saturated heterocycles. The number of carbonyl (C=O) groups excluding carboxylic acids is 1. The summed E-state index contributed by atoms with van der Waals surface area (Å²) in [6, 6.07) is 4.37. The number of halogens is 1. The van der Waals surface area contributed by atoms with Crippen molar-refractivity contribution in [2.45, 2.75) is 24.9 Å². The van der Waals surface area contributed by atoms with E-state index >= 15 is 0 Å². The average Bonchev–Trinajstić information content (AvgIpc) is 2.88. The molecule has 0 spiro atoms. The molecule has 2 rings (SSSR count). The third kappa shape index (κ3) is 3.30. The van der Waals surface area contributed by atoms with Gasteiger partial charge in [0.1, 0.15) is 16.8 Å². The monoisotopic (exact) mass is 327 g/mol. The van der Waals surface area contributed by atoms with Crippen molar-refractivity contribution < 1.29 is 22.1 Å². The van der Waals surface area contributed by atoms with Crippen LogP contribution in [0.3, 0.4) is 0 Å². The molecule has 1 aromatic carbocycles. The molecule has 9 heteroatoms. The Morgan fingerprint density at radius 1 is 1.45 bits per heavy atom. The van der Waals surface area contributed by atoms with Gasteiger partial charge in [-0.3, -0.25) is 4.79 Å². The molecular formula is C13H14FN3O4S. The molecule has 1 unspecified atom stereocenters. The maximum absolute atomic E-state index is 13.5. The third-order valence-corrected chi connectivity index (χ3v) is 5.12. The van der Waals surface area contributed by atoms with Crippen LogP contribution in [0.25, 0.3) is 11.4 Å². The third-order valence-electron chi connectivity index (χ3n) is 3.16. The summed E-state index contributed by atoms with van der Waals surface area (Å²) in [5.74, 6) is -2.13. The van der Waals surface area contributed by atoms with E-state index in [0.717, 1.165) is 0 Å². The summed E-state index contributed by atoms with van der Waals surface area (Å²) in [7, 11) is -3.84. The number of nitrogens with two attached hydrogens (primary N) is 1. The molecule has 1 atom stereocenters. The Hall–Kier alpha value is -2.29. The lowest BCUT2D eigenvalue weighted by Gasteiger charge is -2.06. The summed E-state index contributed by atoms with van der Waals surface area (Å²) >= 11 is 0. The zero-order chi connectivity index (χ0) is 16.5. The molecule has 1 heterocycles. The Morgan fingerprint density at radius 2 is 2.14 bits per heavy atom. The quantitative estimate of drug-likeness (QED) is 0.874. The van der Waals surface area contributed by atoms with Crippen molar-refractivity contribution in [3.8, 4) is 11.4 Å². The molecule has 1 amide bonds. The first-order valence-corrected chi connectivity index (χ1v) is 8.02. The van der Waals surface area contributed by atoms with Gasteiger partial charge in [-0.1, -0.05) is 17.3 Å². The summed E-state index contributed by atoms with van der Waals surface area (Å²) in [5.41, 5.74) is 5.80. The Morgan fingerprint density at radius 3 is 2.73 bits per heavy atom. The number of aryl methyl sites for hydroxylation is 1. The van der Waals surface area contributed by atoms with Crippen LogP contribution in [0, 0.1) is 12.7 Å². The standard InChI is InChI=1S/C13H14FN3O4S/c1-7-3-4-9(5-10(7)14)13-16-11(21-17-13)6-22(19,20)8(2)12(15)18/h3-5,8H,6H2,1-2H3,(H2,15,18).